The second kappa shape index (κ2) is 40.0. The fraction of sp³-hybridized carbons (Fsp3) is 0.380. The molecule has 1 N–H and O–H groups in total. The van der Waals surface area contributed by atoms with Crippen molar-refractivity contribution >= 4 is 52.7 Å². The third-order valence-corrected chi connectivity index (χ3v) is 18.8. The number of para-hydroxylation sites is 1. The Hall–Kier alpha value is -9.09. The summed E-state index contributed by atoms with van der Waals surface area (Å²) >= 11 is 0. The summed E-state index contributed by atoms with van der Waals surface area (Å²) in [5, 5.41) is 8.70. The van der Waals surface area contributed by atoms with E-state index in [4.69, 9.17) is 47.8 Å². The third-order valence-electron chi connectivity index (χ3n) is 18.8. The van der Waals surface area contributed by atoms with Gasteiger partial charge in [-0.25, -0.2) is 4.79 Å². The van der Waals surface area contributed by atoms with Gasteiger partial charge in [0, 0.05) is 40.8 Å². The molecule has 10 rings (SSSR count). The maximum absolute atomic E-state index is 12.7. The van der Waals surface area contributed by atoms with Crippen LogP contribution in [-0.4, -0.2) is 117 Å². The first-order valence-electron chi connectivity index (χ1n) is 36.8. The second-order valence-corrected chi connectivity index (χ2v) is 29.2. The summed E-state index contributed by atoms with van der Waals surface area (Å²) in [6.45, 7) is 44.6. The summed E-state index contributed by atoms with van der Waals surface area (Å²) in [6.07, 6.45) is 0. The summed E-state index contributed by atoms with van der Waals surface area (Å²) in [7, 11) is 1.63. The van der Waals surface area contributed by atoms with Crippen LogP contribution in [-0.2, 0) is 60.8 Å². The van der Waals surface area contributed by atoms with Crippen molar-refractivity contribution in [2.75, 3.05) is 103 Å². The number of ketones is 1. The molecule has 0 saturated heterocycles. The van der Waals surface area contributed by atoms with E-state index in [1.165, 1.54) is 89.3 Å². The highest BCUT2D eigenvalue weighted by atomic mass is 16.6. The Labute approximate surface area is 631 Å². The number of hydrogen-bond acceptors (Lipinski definition) is 14. The van der Waals surface area contributed by atoms with Crippen LogP contribution in [0.3, 0.4) is 0 Å². The first-order chi connectivity index (χ1) is 50.7. The van der Waals surface area contributed by atoms with E-state index in [0.717, 1.165) is 33.9 Å². The standard InChI is InChI=1S/C44H52N2.C31H36O5.C16H24O6.CH2O/c1-29-13-17-37(18-14-29)45(41-31(3)25-35(26-32(41)4)43(7,8)9)39-21-23-40(24-22-39)46(38-19-15-30(2)16-20-38)42-33(5)27-36(28-34(42)6)44(10,11)12;1-21-5-9-26-27-10-6-22(2)18-30(27)31(4,29(26)17-21)25-8-7-24(28(19-25)23(3)33)20-36-16-15-35-14-13-34-12-11-32;1-3-21-16(17)14-6-4-5-7-15(14)22-13-12-20-11-10-19-9-8-18-2;1-2/h13-28H,1-12H3;5-10,17-19,32H,11-16,20H2,1-4H3;4-7H,3,8-13H2,1-2H3;1H2. The number of esters is 1. The van der Waals surface area contributed by atoms with Gasteiger partial charge in [0.15, 0.2) is 5.78 Å². The van der Waals surface area contributed by atoms with Gasteiger partial charge in [0.1, 0.15) is 24.7 Å². The predicted molar refractivity (Wildman–Crippen MR) is 432 cm³/mol. The van der Waals surface area contributed by atoms with Crippen molar-refractivity contribution in [1.82, 2.24) is 0 Å². The van der Waals surface area contributed by atoms with Gasteiger partial charge >= 0.3 is 5.97 Å². The van der Waals surface area contributed by atoms with Crippen LogP contribution in [0.25, 0.3) is 11.1 Å². The molecule has 9 aromatic carbocycles. The van der Waals surface area contributed by atoms with Gasteiger partial charge in [0.25, 0.3) is 0 Å². The van der Waals surface area contributed by atoms with Crippen molar-refractivity contribution in [3.05, 3.63) is 265 Å². The molecule has 0 radical (unpaired) electrons. The maximum atomic E-state index is 12.7. The number of Topliss-reactive ketones (excluding diaryl/α,β-unsaturated/α-hetero) is 1. The number of hydrogen-bond donors (Lipinski definition) is 1. The van der Waals surface area contributed by atoms with Crippen molar-refractivity contribution in [3.8, 4) is 16.9 Å². The molecule has 0 unspecified atom stereocenters. The van der Waals surface area contributed by atoms with Crippen molar-refractivity contribution in [2.24, 2.45) is 0 Å². The highest BCUT2D eigenvalue weighted by molar-refractivity contribution is 5.96. The van der Waals surface area contributed by atoms with Gasteiger partial charge in [0.05, 0.1) is 97.3 Å². The summed E-state index contributed by atoms with van der Waals surface area (Å²) in [4.78, 5) is 37.3. The van der Waals surface area contributed by atoms with E-state index in [2.05, 4.69) is 259 Å². The van der Waals surface area contributed by atoms with Crippen molar-refractivity contribution in [3.63, 3.8) is 0 Å². The van der Waals surface area contributed by atoms with Gasteiger partial charge in [-0.05, 0) is 220 Å². The summed E-state index contributed by atoms with van der Waals surface area (Å²) < 4.78 is 42.5. The largest absolute Gasteiger partial charge is 0.490 e. The first kappa shape index (κ1) is 84.2. The lowest BCUT2D eigenvalue weighted by atomic mass is 9.73. The number of aliphatic hydroxyl groups excluding tert-OH is 1. The topological polar surface area (TPSA) is 152 Å². The molecule has 106 heavy (non-hydrogen) atoms. The number of benzene rings is 9. The third kappa shape index (κ3) is 22.3. The number of nitrogens with zero attached hydrogens (tertiary/aromatic N) is 2. The Kier molecular flexibility index (Phi) is 31.8. The molecule has 0 amide bonds. The number of methoxy groups -OCH3 is 1. The minimum absolute atomic E-state index is 0.0117. The zero-order valence-corrected chi connectivity index (χ0v) is 66.2. The average Bonchev–Trinajstić information content (AvgIpc) is 1.55. The van der Waals surface area contributed by atoms with Crippen molar-refractivity contribution in [2.45, 2.75) is 141 Å². The monoisotopic (exact) mass is 1440 g/mol. The molecule has 564 valence electrons. The van der Waals surface area contributed by atoms with E-state index >= 15 is 0 Å². The predicted octanol–water partition coefficient (Wildman–Crippen LogP) is 20.2. The van der Waals surface area contributed by atoms with Crippen molar-refractivity contribution < 1.29 is 57.4 Å². The van der Waals surface area contributed by atoms with E-state index in [0.29, 0.717) is 103 Å². The lowest BCUT2D eigenvalue weighted by Crippen LogP contribution is -2.23. The van der Waals surface area contributed by atoms with Crippen LogP contribution in [0.5, 0.6) is 5.75 Å². The van der Waals surface area contributed by atoms with Crippen LogP contribution in [0.2, 0.25) is 0 Å². The van der Waals surface area contributed by atoms with Gasteiger partial charge in [0.2, 0.25) is 0 Å². The second-order valence-electron chi connectivity index (χ2n) is 29.2. The zero-order valence-electron chi connectivity index (χ0n) is 66.2. The molecule has 0 aliphatic heterocycles. The summed E-state index contributed by atoms with van der Waals surface area (Å²) in [5.41, 5.74) is 27.9. The minimum atomic E-state index is -0.384. The first-order valence-corrected chi connectivity index (χ1v) is 36.8. The number of rotatable bonds is 30. The Balaban J connectivity index is 0.000000233. The van der Waals surface area contributed by atoms with E-state index in [1.807, 2.05) is 18.9 Å². The maximum Gasteiger partial charge on any atom is 0.341 e. The molecule has 14 nitrogen and oxygen atoms in total. The van der Waals surface area contributed by atoms with Gasteiger partial charge in [-0.15, -0.1) is 0 Å². The van der Waals surface area contributed by atoms with Crippen molar-refractivity contribution in [1.29, 1.82) is 0 Å². The van der Waals surface area contributed by atoms with Crippen LogP contribution in [0.15, 0.2) is 176 Å². The molecule has 0 atom stereocenters. The number of carbonyl (C=O) groups is 3. The molecule has 0 fully saturated rings. The van der Waals surface area contributed by atoms with E-state index in [-0.39, 0.29) is 34.6 Å². The van der Waals surface area contributed by atoms with E-state index in [9.17, 15) is 9.59 Å². The molecule has 9 aromatic rings. The van der Waals surface area contributed by atoms with E-state index in [1.54, 1.807) is 39.2 Å². The fourth-order valence-electron chi connectivity index (χ4n) is 13.2. The number of fused-ring (bicyclic) bond motifs is 3. The van der Waals surface area contributed by atoms with Crippen LogP contribution in [0.4, 0.5) is 34.1 Å². The summed E-state index contributed by atoms with van der Waals surface area (Å²) in [6, 6.07) is 62.9. The molecule has 0 saturated carbocycles. The number of aryl methyl sites for hydroxylation is 8. The van der Waals surface area contributed by atoms with Crippen LogP contribution in [0, 0.1) is 55.4 Å². The SMILES string of the molecule is C=O.CC(=O)c1cc(C2(C)c3cc(C)ccc3-c3ccc(C)cc32)ccc1COCCOCCOCCO.CCOC(=O)c1ccccc1OCCOCCOCCOC.Cc1ccc(N(c2ccc(N(c3ccc(C)cc3)c3c(C)cc(C(C)(C)C)cc3C)cc2)c2c(C)cc(C(C)(C)C)cc2C)cc1. The van der Waals surface area contributed by atoms with E-state index < -0.39 is 0 Å². The molecule has 1 aliphatic rings. The lowest BCUT2D eigenvalue weighted by molar-refractivity contribution is -0.0980. The van der Waals surface area contributed by atoms with Gasteiger partial charge < -0.3 is 57.6 Å². The molecular formula is C92H114N2O12. The van der Waals surface area contributed by atoms with Crippen LogP contribution in [0.1, 0.15) is 161 Å². The quantitative estimate of drug-likeness (QED) is 0.0258. The number of carbonyl (C=O) groups excluding carboxylic acids is 3. The molecule has 0 aromatic heterocycles. The number of anilines is 6. The highest BCUT2D eigenvalue weighted by Gasteiger charge is 2.41. The number of ether oxygens (including phenoxy) is 8. The van der Waals surface area contributed by atoms with Crippen LogP contribution < -0.4 is 14.5 Å². The zero-order chi connectivity index (χ0) is 77.3. The Bertz CT molecular complexity index is 4060. The summed E-state index contributed by atoms with van der Waals surface area (Å²) in [5.74, 6) is 0.148. The molecule has 14 heteroatoms. The Morgan fingerprint density at radius 3 is 1.25 bits per heavy atom. The van der Waals surface area contributed by atoms with Gasteiger partial charge in [-0.3, -0.25) is 4.79 Å². The normalized spacial score (nSPS) is 12.0. The van der Waals surface area contributed by atoms with Gasteiger partial charge in [-0.2, -0.15) is 0 Å². The smallest absolute Gasteiger partial charge is 0.341 e. The molecule has 1 aliphatic carbocycles. The molecule has 0 spiro atoms. The number of aliphatic hydroxyl groups is 1. The lowest BCUT2D eigenvalue weighted by Gasteiger charge is -2.32. The Morgan fingerprint density at radius 2 is 0.840 bits per heavy atom. The molecular weight excluding hydrogens is 1330 g/mol. The molecule has 0 heterocycles. The van der Waals surface area contributed by atoms with Gasteiger partial charge in [-0.1, -0.05) is 173 Å². The average molecular weight is 1440 g/mol. The minimum Gasteiger partial charge on any atom is -0.490 e. The highest BCUT2D eigenvalue weighted by Crippen LogP contribution is 2.53. The fourth-order valence-corrected chi connectivity index (χ4v) is 13.2. The van der Waals surface area contributed by atoms with Crippen LogP contribution >= 0.6 is 0 Å². The Morgan fingerprint density at radius 1 is 0.453 bits per heavy atom. The molecule has 0 bridgehead atoms.